The fraction of sp³-hybridized carbons (Fsp3) is 0.375. The standard InChI is InChI=1S/C24H26FNO4S/c1-15(2)10-11-26(31(3,28)29)22-13-23-20(12-19(22)16-4-5-16)21(14-27)24(30-23)17-6-8-18(25)9-7-17/h6-9,12-16H,4-5,10-11H2,1-3H3. The van der Waals surface area contributed by atoms with Gasteiger partial charge in [0, 0.05) is 23.6 Å². The van der Waals surface area contributed by atoms with Crippen molar-refractivity contribution in [1.82, 2.24) is 0 Å². The highest BCUT2D eigenvalue weighted by Crippen LogP contribution is 2.47. The lowest BCUT2D eigenvalue weighted by molar-refractivity contribution is 0.112. The minimum absolute atomic E-state index is 0.270. The molecule has 0 radical (unpaired) electrons. The second-order valence-electron chi connectivity index (χ2n) is 8.67. The quantitative estimate of drug-likeness (QED) is 0.416. The summed E-state index contributed by atoms with van der Waals surface area (Å²) in [6, 6.07) is 9.40. The van der Waals surface area contributed by atoms with Crippen molar-refractivity contribution in [3.63, 3.8) is 0 Å². The molecule has 0 atom stereocenters. The topological polar surface area (TPSA) is 67.6 Å². The van der Waals surface area contributed by atoms with Crippen molar-refractivity contribution in [2.75, 3.05) is 17.1 Å². The van der Waals surface area contributed by atoms with E-state index in [1.807, 2.05) is 6.07 Å². The van der Waals surface area contributed by atoms with Crippen LogP contribution in [0.15, 0.2) is 40.8 Å². The van der Waals surface area contributed by atoms with Gasteiger partial charge in [0.15, 0.2) is 6.29 Å². The molecule has 0 N–H and O–H groups in total. The predicted molar refractivity (Wildman–Crippen MR) is 121 cm³/mol. The summed E-state index contributed by atoms with van der Waals surface area (Å²) in [6.45, 7) is 4.50. The molecule has 1 heterocycles. The maximum absolute atomic E-state index is 13.4. The number of halogens is 1. The van der Waals surface area contributed by atoms with Crippen LogP contribution in [0.5, 0.6) is 0 Å². The zero-order valence-electron chi connectivity index (χ0n) is 17.9. The van der Waals surface area contributed by atoms with Crippen LogP contribution in [0.1, 0.15) is 54.9 Å². The molecule has 0 bridgehead atoms. The molecule has 0 unspecified atom stereocenters. The Morgan fingerprint density at radius 1 is 1.19 bits per heavy atom. The third-order valence-corrected chi connectivity index (χ3v) is 6.88. The average molecular weight is 444 g/mol. The molecule has 0 amide bonds. The van der Waals surface area contributed by atoms with Gasteiger partial charge in [0.05, 0.1) is 17.5 Å². The van der Waals surface area contributed by atoms with Gasteiger partial charge < -0.3 is 4.42 Å². The largest absolute Gasteiger partial charge is 0.455 e. The summed E-state index contributed by atoms with van der Waals surface area (Å²) in [5, 5.41) is 0.650. The molecule has 5 nitrogen and oxygen atoms in total. The molecule has 1 fully saturated rings. The third kappa shape index (κ3) is 4.37. The maximum atomic E-state index is 13.4. The van der Waals surface area contributed by atoms with E-state index in [2.05, 4.69) is 13.8 Å². The summed E-state index contributed by atoms with van der Waals surface area (Å²) in [5.74, 6) is 0.607. The monoisotopic (exact) mass is 443 g/mol. The normalized spacial score (nSPS) is 14.4. The second-order valence-corrected chi connectivity index (χ2v) is 10.6. The fourth-order valence-corrected chi connectivity index (χ4v) is 4.83. The maximum Gasteiger partial charge on any atom is 0.232 e. The Morgan fingerprint density at radius 2 is 1.87 bits per heavy atom. The first-order valence-electron chi connectivity index (χ1n) is 10.5. The number of carbonyl (C=O) groups excluding carboxylic acids is 1. The van der Waals surface area contributed by atoms with Crippen molar-refractivity contribution < 1.29 is 22.0 Å². The number of aldehydes is 1. The van der Waals surface area contributed by atoms with Crippen LogP contribution in [-0.4, -0.2) is 27.5 Å². The van der Waals surface area contributed by atoms with Crippen LogP contribution in [0.2, 0.25) is 0 Å². The Labute approximate surface area is 181 Å². The molecule has 164 valence electrons. The van der Waals surface area contributed by atoms with Gasteiger partial charge in [-0.2, -0.15) is 0 Å². The summed E-state index contributed by atoms with van der Waals surface area (Å²) in [7, 11) is -3.50. The Morgan fingerprint density at radius 3 is 2.42 bits per heavy atom. The highest BCUT2D eigenvalue weighted by atomic mass is 32.2. The summed E-state index contributed by atoms with van der Waals surface area (Å²) >= 11 is 0. The van der Waals surface area contributed by atoms with Crippen LogP contribution in [0, 0.1) is 11.7 Å². The molecule has 1 aliphatic rings. The smallest absolute Gasteiger partial charge is 0.232 e. The van der Waals surface area contributed by atoms with Crippen molar-refractivity contribution >= 4 is 33.0 Å². The van der Waals surface area contributed by atoms with E-state index < -0.39 is 10.0 Å². The summed E-state index contributed by atoms with van der Waals surface area (Å²) in [6.07, 6.45) is 4.66. The van der Waals surface area contributed by atoms with Gasteiger partial charge in [0.25, 0.3) is 0 Å². The van der Waals surface area contributed by atoms with E-state index in [1.165, 1.54) is 22.7 Å². The lowest BCUT2D eigenvalue weighted by Crippen LogP contribution is -2.32. The number of rotatable bonds is 8. The van der Waals surface area contributed by atoms with E-state index in [-0.39, 0.29) is 11.7 Å². The molecule has 1 aromatic heterocycles. The lowest BCUT2D eigenvalue weighted by Gasteiger charge is -2.26. The minimum Gasteiger partial charge on any atom is -0.455 e. The number of sulfonamides is 1. The lowest BCUT2D eigenvalue weighted by atomic mass is 10.0. The Hall–Kier alpha value is -2.67. The van der Waals surface area contributed by atoms with E-state index in [1.54, 1.807) is 18.2 Å². The fourth-order valence-electron chi connectivity index (χ4n) is 3.88. The Balaban J connectivity index is 1.91. The zero-order valence-corrected chi connectivity index (χ0v) is 18.7. The molecule has 1 saturated carbocycles. The molecular weight excluding hydrogens is 417 g/mol. The second kappa shape index (κ2) is 8.11. The molecule has 7 heteroatoms. The van der Waals surface area contributed by atoms with Gasteiger partial charge in [-0.15, -0.1) is 0 Å². The predicted octanol–water partition coefficient (Wildman–Crippen LogP) is 5.74. The number of fused-ring (bicyclic) bond motifs is 1. The van der Waals surface area contributed by atoms with Gasteiger partial charge in [-0.3, -0.25) is 9.10 Å². The van der Waals surface area contributed by atoms with Crippen LogP contribution in [-0.2, 0) is 10.0 Å². The molecular formula is C24H26FNO4S. The SMILES string of the molecule is CC(C)CCN(c1cc2oc(-c3ccc(F)cc3)c(C=O)c2cc1C1CC1)S(C)(=O)=O. The number of hydrogen-bond donors (Lipinski definition) is 0. The average Bonchev–Trinajstić information content (AvgIpc) is 3.48. The van der Waals surface area contributed by atoms with Gasteiger partial charge in [-0.1, -0.05) is 13.8 Å². The van der Waals surface area contributed by atoms with Crippen LogP contribution in [0.4, 0.5) is 10.1 Å². The van der Waals surface area contributed by atoms with Crippen molar-refractivity contribution in [2.24, 2.45) is 5.92 Å². The minimum atomic E-state index is -3.50. The molecule has 0 aliphatic heterocycles. The van der Waals surface area contributed by atoms with E-state index in [0.29, 0.717) is 46.0 Å². The number of hydrogen-bond acceptors (Lipinski definition) is 4. The van der Waals surface area contributed by atoms with Gasteiger partial charge in [0.2, 0.25) is 10.0 Å². The first-order valence-corrected chi connectivity index (χ1v) is 12.3. The highest BCUT2D eigenvalue weighted by Gasteiger charge is 2.32. The van der Waals surface area contributed by atoms with Crippen LogP contribution in [0.3, 0.4) is 0 Å². The molecule has 31 heavy (non-hydrogen) atoms. The van der Waals surface area contributed by atoms with Gasteiger partial charge in [0.1, 0.15) is 17.2 Å². The van der Waals surface area contributed by atoms with Crippen LogP contribution in [0.25, 0.3) is 22.3 Å². The first kappa shape index (κ1) is 21.6. The van der Waals surface area contributed by atoms with E-state index in [4.69, 9.17) is 4.42 Å². The molecule has 0 saturated heterocycles. The number of benzene rings is 2. The molecule has 0 spiro atoms. The van der Waals surface area contributed by atoms with Crippen molar-refractivity contribution in [2.45, 2.75) is 39.0 Å². The van der Waals surface area contributed by atoms with Crippen molar-refractivity contribution in [3.05, 3.63) is 53.3 Å². The summed E-state index contributed by atoms with van der Waals surface area (Å²) in [5.41, 5.74) is 2.97. The van der Waals surface area contributed by atoms with E-state index in [9.17, 15) is 17.6 Å². The number of furan rings is 1. The number of carbonyl (C=O) groups is 1. The van der Waals surface area contributed by atoms with Crippen LogP contribution >= 0.6 is 0 Å². The Bertz CT molecular complexity index is 1220. The molecule has 2 aromatic carbocycles. The summed E-state index contributed by atoms with van der Waals surface area (Å²) in [4.78, 5) is 12.0. The summed E-state index contributed by atoms with van der Waals surface area (Å²) < 4.78 is 46.2. The third-order valence-electron chi connectivity index (χ3n) is 5.70. The van der Waals surface area contributed by atoms with Gasteiger partial charge in [-0.25, -0.2) is 12.8 Å². The molecule has 3 aromatic rings. The van der Waals surface area contributed by atoms with Crippen LogP contribution < -0.4 is 4.31 Å². The molecule has 1 aliphatic carbocycles. The Kier molecular flexibility index (Phi) is 5.64. The van der Waals surface area contributed by atoms with E-state index in [0.717, 1.165) is 31.1 Å². The van der Waals surface area contributed by atoms with Gasteiger partial charge in [-0.05, 0) is 67.0 Å². The number of nitrogens with zero attached hydrogens (tertiary/aromatic N) is 1. The van der Waals surface area contributed by atoms with Crippen molar-refractivity contribution in [1.29, 1.82) is 0 Å². The van der Waals surface area contributed by atoms with Crippen molar-refractivity contribution in [3.8, 4) is 11.3 Å². The zero-order chi connectivity index (χ0) is 22.3. The molecule has 4 rings (SSSR count). The highest BCUT2D eigenvalue weighted by molar-refractivity contribution is 7.92. The van der Waals surface area contributed by atoms with Gasteiger partial charge >= 0.3 is 0 Å². The van der Waals surface area contributed by atoms with E-state index >= 15 is 0 Å². The number of anilines is 1. The first-order chi connectivity index (χ1) is 14.7.